The van der Waals surface area contributed by atoms with E-state index < -0.39 is 9.84 Å². The molecule has 4 rings (SSSR count). The first-order valence-corrected chi connectivity index (χ1v) is 13.4. The van der Waals surface area contributed by atoms with Gasteiger partial charge in [0.2, 0.25) is 5.91 Å². The lowest BCUT2D eigenvalue weighted by molar-refractivity contribution is -0.115. The van der Waals surface area contributed by atoms with Crippen LogP contribution in [0.5, 0.6) is 0 Å². The van der Waals surface area contributed by atoms with Crippen LogP contribution in [0, 0.1) is 5.82 Å². The average molecular weight is 523 g/mol. The highest BCUT2D eigenvalue weighted by Gasteiger charge is 2.14. The minimum absolute atomic E-state index is 0.0178. The third-order valence-corrected chi connectivity index (χ3v) is 7.67. The van der Waals surface area contributed by atoms with E-state index in [1.54, 1.807) is 43.3 Å². The Balaban J connectivity index is 1.56. The molecule has 3 aromatic carbocycles. The maximum Gasteiger partial charge on any atom is 0.229 e. The van der Waals surface area contributed by atoms with Crippen LogP contribution < -0.4 is 5.32 Å². The molecule has 0 fully saturated rings. The van der Waals surface area contributed by atoms with Gasteiger partial charge in [-0.1, -0.05) is 54.9 Å². The summed E-state index contributed by atoms with van der Waals surface area (Å²) in [4.78, 5) is 17.6. The second-order valence-electron chi connectivity index (χ2n) is 8.28. The third kappa shape index (κ3) is 6.36. The average Bonchev–Trinajstić information content (AvgIpc) is 2.86. The summed E-state index contributed by atoms with van der Waals surface area (Å²) in [5.74, 6) is -0.197. The van der Waals surface area contributed by atoms with Gasteiger partial charge in [0, 0.05) is 17.0 Å². The SMILES string of the molecule is CCS(=O)(=O)c1ccc(CC(=O)Nc2ccc(-c3cccc(Cl)c3)c(Cc3ccc(F)cc3)n2)cc1. The van der Waals surface area contributed by atoms with Crippen molar-refractivity contribution in [3.05, 3.63) is 113 Å². The Morgan fingerprint density at radius 2 is 1.64 bits per heavy atom. The van der Waals surface area contributed by atoms with Crippen molar-refractivity contribution in [1.82, 2.24) is 4.98 Å². The molecule has 1 heterocycles. The van der Waals surface area contributed by atoms with Gasteiger partial charge in [0.1, 0.15) is 11.6 Å². The van der Waals surface area contributed by atoms with E-state index in [9.17, 15) is 17.6 Å². The quantitative estimate of drug-likeness (QED) is 0.303. The molecule has 0 aliphatic carbocycles. The lowest BCUT2D eigenvalue weighted by Crippen LogP contribution is -2.16. The standard InChI is InChI=1S/C28H24ClFN2O3S/c1-2-36(34,35)24-12-8-20(9-13-24)17-28(33)32-27-15-14-25(21-4-3-5-22(29)18-21)26(31-27)16-19-6-10-23(30)11-7-19/h3-15,18H,2,16-17H2,1H3,(H,31,32,33). The molecule has 0 aliphatic heterocycles. The first kappa shape index (κ1) is 25.5. The van der Waals surface area contributed by atoms with Gasteiger partial charge in [0.25, 0.3) is 0 Å². The van der Waals surface area contributed by atoms with E-state index in [1.165, 1.54) is 24.3 Å². The van der Waals surface area contributed by atoms with Crippen molar-refractivity contribution in [2.45, 2.75) is 24.7 Å². The van der Waals surface area contributed by atoms with Crippen molar-refractivity contribution in [1.29, 1.82) is 0 Å². The van der Waals surface area contributed by atoms with Crippen molar-refractivity contribution < 1.29 is 17.6 Å². The lowest BCUT2D eigenvalue weighted by atomic mass is 9.99. The number of halogens is 2. The zero-order valence-corrected chi connectivity index (χ0v) is 21.1. The first-order valence-electron chi connectivity index (χ1n) is 11.4. The predicted octanol–water partition coefficient (Wildman–Crippen LogP) is 6.11. The number of carbonyl (C=O) groups is 1. The predicted molar refractivity (Wildman–Crippen MR) is 140 cm³/mol. The number of amides is 1. The van der Waals surface area contributed by atoms with Gasteiger partial charge in [-0.2, -0.15) is 0 Å². The first-order chi connectivity index (χ1) is 17.2. The van der Waals surface area contributed by atoms with Gasteiger partial charge in [-0.25, -0.2) is 17.8 Å². The van der Waals surface area contributed by atoms with E-state index in [4.69, 9.17) is 11.6 Å². The number of carbonyl (C=O) groups excluding carboxylic acids is 1. The molecule has 5 nitrogen and oxygen atoms in total. The van der Waals surface area contributed by atoms with Crippen LogP contribution >= 0.6 is 11.6 Å². The summed E-state index contributed by atoms with van der Waals surface area (Å²) in [6, 6.07) is 23.5. The third-order valence-electron chi connectivity index (χ3n) is 5.69. The molecule has 0 unspecified atom stereocenters. The van der Waals surface area contributed by atoms with Crippen LogP contribution in [0.1, 0.15) is 23.7 Å². The summed E-state index contributed by atoms with van der Waals surface area (Å²) in [6.45, 7) is 1.59. The number of hydrogen-bond acceptors (Lipinski definition) is 4. The van der Waals surface area contributed by atoms with Gasteiger partial charge in [-0.15, -0.1) is 0 Å². The largest absolute Gasteiger partial charge is 0.310 e. The zero-order chi connectivity index (χ0) is 25.7. The van der Waals surface area contributed by atoms with E-state index in [2.05, 4.69) is 10.3 Å². The molecule has 36 heavy (non-hydrogen) atoms. The van der Waals surface area contributed by atoms with E-state index in [0.717, 1.165) is 16.7 Å². The summed E-state index contributed by atoms with van der Waals surface area (Å²) < 4.78 is 37.4. The molecule has 4 aromatic rings. The second kappa shape index (κ2) is 11.0. The highest BCUT2D eigenvalue weighted by Crippen LogP contribution is 2.28. The number of aromatic nitrogens is 1. The Bertz CT molecular complexity index is 1490. The lowest BCUT2D eigenvalue weighted by Gasteiger charge is -2.13. The summed E-state index contributed by atoms with van der Waals surface area (Å²) in [5, 5.41) is 3.41. The summed E-state index contributed by atoms with van der Waals surface area (Å²) in [7, 11) is -3.29. The molecule has 0 radical (unpaired) electrons. The van der Waals surface area contributed by atoms with Gasteiger partial charge in [-0.3, -0.25) is 4.79 Å². The molecular weight excluding hydrogens is 499 g/mol. The number of benzene rings is 3. The summed E-state index contributed by atoms with van der Waals surface area (Å²) in [6.07, 6.45) is 0.497. The van der Waals surface area contributed by atoms with Crippen LogP contribution in [0.2, 0.25) is 5.02 Å². The van der Waals surface area contributed by atoms with Crippen LogP contribution in [0.15, 0.2) is 89.8 Å². The van der Waals surface area contributed by atoms with Crippen LogP contribution in [0.25, 0.3) is 11.1 Å². The summed E-state index contributed by atoms with van der Waals surface area (Å²) >= 11 is 6.19. The molecule has 0 saturated heterocycles. The topological polar surface area (TPSA) is 76.1 Å². The number of nitrogens with zero attached hydrogens (tertiary/aromatic N) is 1. The fourth-order valence-corrected chi connectivity index (χ4v) is 4.85. The van der Waals surface area contributed by atoms with E-state index in [1.807, 2.05) is 24.3 Å². The van der Waals surface area contributed by atoms with Crippen LogP contribution in [-0.4, -0.2) is 25.1 Å². The molecule has 0 bridgehead atoms. The van der Waals surface area contributed by atoms with Crippen molar-refractivity contribution in [2.24, 2.45) is 0 Å². The summed E-state index contributed by atoms with van der Waals surface area (Å²) in [5.41, 5.74) is 4.00. The number of sulfone groups is 1. The molecule has 0 spiro atoms. The Hall–Kier alpha value is -3.55. The number of hydrogen-bond donors (Lipinski definition) is 1. The van der Waals surface area contributed by atoms with Crippen molar-refractivity contribution in [3.63, 3.8) is 0 Å². The Kier molecular flexibility index (Phi) is 7.82. The van der Waals surface area contributed by atoms with Gasteiger partial charge in [0.05, 0.1) is 22.8 Å². The highest BCUT2D eigenvalue weighted by atomic mass is 35.5. The molecule has 0 aliphatic rings. The van der Waals surface area contributed by atoms with Crippen molar-refractivity contribution in [3.8, 4) is 11.1 Å². The van der Waals surface area contributed by atoms with Gasteiger partial charge in [0.15, 0.2) is 9.84 Å². The zero-order valence-electron chi connectivity index (χ0n) is 19.5. The maximum atomic E-state index is 13.4. The van der Waals surface area contributed by atoms with Crippen LogP contribution in [0.3, 0.4) is 0 Å². The molecule has 1 amide bonds. The molecule has 1 N–H and O–H groups in total. The van der Waals surface area contributed by atoms with E-state index >= 15 is 0 Å². The minimum Gasteiger partial charge on any atom is -0.310 e. The van der Waals surface area contributed by atoms with Gasteiger partial charge in [-0.05, 0) is 65.2 Å². The van der Waals surface area contributed by atoms with Crippen molar-refractivity contribution in [2.75, 3.05) is 11.1 Å². The molecule has 184 valence electrons. The molecule has 0 saturated carbocycles. The molecule has 8 heteroatoms. The smallest absolute Gasteiger partial charge is 0.229 e. The van der Waals surface area contributed by atoms with Crippen LogP contribution in [-0.2, 0) is 27.5 Å². The minimum atomic E-state index is -3.29. The Morgan fingerprint density at radius 3 is 2.31 bits per heavy atom. The molecule has 1 aromatic heterocycles. The highest BCUT2D eigenvalue weighted by molar-refractivity contribution is 7.91. The second-order valence-corrected chi connectivity index (χ2v) is 11.0. The van der Waals surface area contributed by atoms with E-state index in [-0.39, 0.29) is 28.8 Å². The maximum absolute atomic E-state index is 13.4. The van der Waals surface area contributed by atoms with Crippen LogP contribution in [0.4, 0.5) is 10.2 Å². The Morgan fingerprint density at radius 1 is 0.944 bits per heavy atom. The molecule has 0 atom stereocenters. The number of nitrogens with one attached hydrogen (secondary N) is 1. The van der Waals surface area contributed by atoms with Crippen molar-refractivity contribution >= 4 is 33.2 Å². The number of anilines is 1. The monoisotopic (exact) mass is 522 g/mol. The number of pyridine rings is 1. The molecular formula is C28H24ClFN2O3S. The Labute approximate surface area is 214 Å². The van der Waals surface area contributed by atoms with Gasteiger partial charge < -0.3 is 5.32 Å². The van der Waals surface area contributed by atoms with E-state index in [0.29, 0.717) is 28.5 Å². The number of rotatable bonds is 8. The normalized spacial score (nSPS) is 11.3. The fraction of sp³-hybridized carbons (Fsp3) is 0.143. The fourth-order valence-electron chi connectivity index (χ4n) is 3.77. The van der Waals surface area contributed by atoms with Gasteiger partial charge >= 0.3 is 0 Å².